The molecule has 35 heavy (non-hydrogen) atoms. The van der Waals surface area contributed by atoms with E-state index in [2.05, 4.69) is 68.7 Å². The van der Waals surface area contributed by atoms with Crippen molar-refractivity contribution in [2.75, 3.05) is 45.9 Å². The Kier molecular flexibility index (Phi) is 9.59. The maximum Gasteiger partial charge on any atom is 0.125 e. The molecule has 3 atom stereocenters. The van der Waals surface area contributed by atoms with Gasteiger partial charge in [-0.05, 0) is 81.8 Å². The Morgan fingerprint density at radius 3 is 1.69 bits per heavy atom. The quantitative estimate of drug-likeness (QED) is 0.536. The zero-order valence-corrected chi connectivity index (χ0v) is 22.6. The van der Waals surface area contributed by atoms with Crippen LogP contribution in [0.2, 0.25) is 0 Å². The molecule has 6 nitrogen and oxygen atoms in total. The second-order valence-electron chi connectivity index (χ2n) is 10.3. The molecule has 194 valence electrons. The van der Waals surface area contributed by atoms with Crippen LogP contribution in [0.1, 0.15) is 40.3 Å². The van der Waals surface area contributed by atoms with Crippen LogP contribution >= 0.6 is 0 Å². The van der Waals surface area contributed by atoms with E-state index in [-0.39, 0.29) is 19.3 Å². The Balaban J connectivity index is 1.43. The molecule has 0 amide bonds. The van der Waals surface area contributed by atoms with Crippen LogP contribution in [0.25, 0.3) is 0 Å². The van der Waals surface area contributed by atoms with Gasteiger partial charge in [-0.25, -0.2) is 0 Å². The number of aliphatic hydroxyl groups excluding tert-OH is 2. The molecular weight excluding hydrogens is 440 g/mol. The molecule has 1 fully saturated rings. The van der Waals surface area contributed by atoms with Crippen LogP contribution in [0.5, 0.6) is 11.5 Å². The van der Waals surface area contributed by atoms with Crippen LogP contribution in [0.4, 0.5) is 0 Å². The third kappa shape index (κ3) is 7.20. The van der Waals surface area contributed by atoms with Gasteiger partial charge >= 0.3 is 0 Å². The minimum Gasteiger partial charge on any atom is -0.490 e. The summed E-state index contributed by atoms with van der Waals surface area (Å²) in [5.41, 5.74) is 6.85. The largest absolute Gasteiger partial charge is 0.490 e. The molecule has 1 aliphatic heterocycles. The Morgan fingerprint density at radius 1 is 0.743 bits per heavy atom. The summed E-state index contributed by atoms with van der Waals surface area (Å²) >= 11 is 0. The molecule has 0 aliphatic carbocycles. The molecule has 0 bridgehead atoms. The average Bonchev–Trinajstić information content (AvgIpc) is 2.80. The molecule has 3 unspecified atom stereocenters. The summed E-state index contributed by atoms with van der Waals surface area (Å²) in [5, 5.41) is 21.3. The zero-order valence-electron chi connectivity index (χ0n) is 22.6. The highest BCUT2D eigenvalue weighted by Crippen LogP contribution is 2.27. The van der Waals surface area contributed by atoms with Gasteiger partial charge in [0.2, 0.25) is 0 Å². The Labute approximate surface area is 211 Å². The number of ether oxygens (including phenoxy) is 2. The highest BCUT2D eigenvalue weighted by Gasteiger charge is 2.27. The Bertz CT molecular complexity index is 993. The van der Waals surface area contributed by atoms with Gasteiger partial charge in [0.05, 0.1) is 0 Å². The van der Waals surface area contributed by atoms with Crippen molar-refractivity contribution >= 4 is 0 Å². The first-order chi connectivity index (χ1) is 16.6. The van der Waals surface area contributed by atoms with E-state index >= 15 is 0 Å². The first-order valence-electron chi connectivity index (χ1n) is 12.8. The number of β-amino-alcohol motifs (C(OH)–C–C–N with tert-alkyl or cyclic N) is 2. The monoisotopic (exact) mass is 484 g/mol. The maximum atomic E-state index is 10.6. The molecule has 0 aromatic heterocycles. The highest BCUT2D eigenvalue weighted by molar-refractivity contribution is 5.45. The molecule has 6 heteroatoms. The van der Waals surface area contributed by atoms with Crippen molar-refractivity contribution in [2.24, 2.45) is 0 Å². The van der Waals surface area contributed by atoms with E-state index in [0.717, 1.165) is 53.4 Å². The summed E-state index contributed by atoms with van der Waals surface area (Å²) in [6.07, 6.45) is -1.10. The third-order valence-corrected chi connectivity index (χ3v) is 7.35. The van der Waals surface area contributed by atoms with Gasteiger partial charge in [-0.2, -0.15) is 0 Å². The number of benzene rings is 2. The van der Waals surface area contributed by atoms with Crippen molar-refractivity contribution in [1.82, 2.24) is 9.80 Å². The van der Waals surface area contributed by atoms with Gasteiger partial charge in [-0.1, -0.05) is 24.3 Å². The predicted octanol–water partition coefficient (Wildman–Crippen LogP) is 3.72. The van der Waals surface area contributed by atoms with Gasteiger partial charge in [0.1, 0.15) is 36.9 Å². The first kappa shape index (κ1) is 27.5. The van der Waals surface area contributed by atoms with Gasteiger partial charge in [0.15, 0.2) is 0 Å². The lowest BCUT2D eigenvalue weighted by Gasteiger charge is -2.41. The summed E-state index contributed by atoms with van der Waals surface area (Å²) < 4.78 is 12.0. The molecular formula is C29H44N2O4. The molecule has 2 aromatic rings. The number of rotatable bonds is 10. The molecule has 3 rings (SSSR count). The summed E-state index contributed by atoms with van der Waals surface area (Å²) in [5.74, 6) is 1.77. The molecule has 0 spiro atoms. The fourth-order valence-electron chi connectivity index (χ4n) is 4.84. The Hall–Kier alpha value is -2.12. The summed E-state index contributed by atoms with van der Waals surface area (Å²) in [6.45, 7) is 18.8. The number of nitrogens with zero attached hydrogens (tertiary/aromatic N) is 2. The van der Waals surface area contributed by atoms with Crippen LogP contribution in [0.15, 0.2) is 24.3 Å². The van der Waals surface area contributed by atoms with Crippen molar-refractivity contribution in [2.45, 2.75) is 66.7 Å². The van der Waals surface area contributed by atoms with Crippen molar-refractivity contribution in [3.05, 3.63) is 57.6 Å². The van der Waals surface area contributed by atoms with E-state index in [9.17, 15) is 10.2 Å². The maximum absolute atomic E-state index is 10.6. The summed E-state index contributed by atoms with van der Waals surface area (Å²) in [6, 6.07) is 8.61. The van der Waals surface area contributed by atoms with E-state index in [4.69, 9.17) is 9.47 Å². The van der Waals surface area contributed by atoms with E-state index in [1.807, 2.05) is 13.8 Å². The number of hydrogen-bond donors (Lipinski definition) is 2. The van der Waals surface area contributed by atoms with Crippen molar-refractivity contribution < 1.29 is 19.7 Å². The van der Waals surface area contributed by atoms with E-state index in [1.165, 1.54) is 11.1 Å². The minimum atomic E-state index is -0.553. The second-order valence-corrected chi connectivity index (χ2v) is 10.3. The number of hydrogen-bond acceptors (Lipinski definition) is 6. The average molecular weight is 485 g/mol. The van der Waals surface area contributed by atoms with Crippen LogP contribution < -0.4 is 9.47 Å². The van der Waals surface area contributed by atoms with Gasteiger partial charge in [-0.3, -0.25) is 9.80 Å². The zero-order chi connectivity index (χ0) is 25.7. The van der Waals surface area contributed by atoms with Crippen molar-refractivity contribution in [3.63, 3.8) is 0 Å². The normalized spacial score (nSPS) is 18.9. The summed E-state index contributed by atoms with van der Waals surface area (Å²) in [7, 11) is 0. The fourth-order valence-corrected chi connectivity index (χ4v) is 4.84. The molecule has 0 radical (unpaired) electrons. The number of piperazine rings is 1. The van der Waals surface area contributed by atoms with Crippen LogP contribution in [0.3, 0.4) is 0 Å². The first-order valence-corrected chi connectivity index (χ1v) is 12.8. The van der Waals surface area contributed by atoms with E-state index in [0.29, 0.717) is 13.1 Å². The van der Waals surface area contributed by atoms with Gasteiger partial charge < -0.3 is 19.7 Å². The van der Waals surface area contributed by atoms with Crippen molar-refractivity contribution in [1.29, 1.82) is 0 Å². The molecule has 1 heterocycles. The van der Waals surface area contributed by atoms with Crippen LogP contribution in [-0.2, 0) is 0 Å². The lowest BCUT2D eigenvalue weighted by atomic mass is 10.1. The second kappa shape index (κ2) is 12.2. The van der Waals surface area contributed by atoms with Gasteiger partial charge in [0.25, 0.3) is 0 Å². The van der Waals surface area contributed by atoms with Gasteiger partial charge in [-0.15, -0.1) is 0 Å². The molecule has 1 aliphatic rings. The SMILES string of the molecule is Cc1ccc(C)c(OCC(O)CN2CCN(CC(O)COc3c(C)ccc(C)c3C)C(C)C2)c1C. The number of aryl methyl sites for hydroxylation is 4. The fraction of sp³-hybridized carbons (Fsp3) is 0.586. The van der Waals surface area contributed by atoms with Crippen LogP contribution in [-0.4, -0.2) is 84.2 Å². The molecule has 0 saturated carbocycles. The number of aliphatic hydroxyl groups is 2. The molecule has 2 aromatic carbocycles. The smallest absolute Gasteiger partial charge is 0.125 e. The molecule has 2 N–H and O–H groups in total. The van der Waals surface area contributed by atoms with Crippen molar-refractivity contribution in [3.8, 4) is 11.5 Å². The van der Waals surface area contributed by atoms with E-state index < -0.39 is 12.2 Å². The predicted molar refractivity (Wildman–Crippen MR) is 142 cm³/mol. The standard InChI is InChI=1S/C29H44N2O4/c1-19-8-10-21(3)28(24(19)6)34-17-26(32)15-30-12-13-31(23(5)14-30)16-27(33)18-35-29-22(4)11-9-20(2)25(29)7/h8-11,23,26-27,32-33H,12-18H2,1-7H3. The van der Waals surface area contributed by atoms with Gasteiger partial charge in [0, 0.05) is 38.8 Å². The lowest BCUT2D eigenvalue weighted by Crippen LogP contribution is -2.55. The highest BCUT2D eigenvalue weighted by atomic mass is 16.5. The van der Waals surface area contributed by atoms with Crippen LogP contribution in [0, 0.1) is 41.5 Å². The van der Waals surface area contributed by atoms with E-state index in [1.54, 1.807) is 0 Å². The Morgan fingerprint density at radius 2 is 1.20 bits per heavy atom. The summed E-state index contributed by atoms with van der Waals surface area (Å²) in [4.78, 5) is 4.59. The lowest BCUT2D eigenvalue weighted by molar-refractivity contribution is 0.00224. The topological polar surface area (TPSA) is 65.4 Å². The minimum absolute atomic E-state index is 0.284. The molecule has 1 saturated heterocycles. The third-order valence-electron chi connectivity index (χ3n) is 7.35.